The van der Waals surface area contributed by atoms with Crippen molar-refractivity contribution in [3.05, 3.63) is 53.9 Å². The van der Waals surface area contributed by atoms with Gasteiger partial charge in [-0.3, -0.25) is 0 Å². The van der Waals surface area contributed by atoms with Gasteiger partial charge in [0.1, 0.15) is 18.1 Å². The molecule has 0 aliphatic heterocycles. The maximum Gasteiger partial charge on any atom is 0.357 e. The summed E-state index contributed by atoms with van der Waals surface area (Å²) < 4.78 is 5.06. The van der Waals surface area contributed by atoms with Crippen LogP contribution in [0.1, 0.15) is 16.1 Å². The summed E-state index contributed by atoms with van der Waals surface area (Å²) in [4.78, 5) is 15.5. The summed E-state index contributed by atoms with van der Waals surface area (Å²) >= 11 is 0. The molecule has 0 unspecified atom stereocenters. The molecule has 92 valence electrons. The molecule has 0 saturated carbocycles. The number of rotatable bonds is 3. The van der Waals surface area contributed by atoms with Gasteiger partial charge in [0.15, 0.2) is 0 Å². The summed E-state index contributed by atoms with van der Waals surface area (Å²) in [6, 6.07) is 9.60. The van der Waals surface area contributed by atoms with Crippen LogP contribution in [0.5, 0.6) is 5.75 Å². The van der Waals surface area contributed by atoms with Crippen molar-refractivity contribution in [2.45, 2.75) is 6.61 Å². The Morgan fingerprint density at radius 3 is 2.83 bits per heavy atom. The maximum atomic E-state index is 11.6. The molecule has 0 atom stereocenters. The van der Waals surface area contributed by atoms with Gasteiger partial charge in [0.25, 0.3) is 0 Å². The molecule has 1 heterocycles. The van der Waals surface area contributed by atoms with Gasteiger partial charge in [-0.15, -0.1) is 0 Å². The van der Waals surface area contributed by atoms with Gasteiger partial charge in [-0.2, -0.15) is 0 Å². The first-order valence-electron chi connectivity index (χ1n) is 5.32. The maximum absolute atomic E-state index is 11.6. The number of aromatic nitrogens is 1. The molecule has 5 heteroatoms. The second-order valence-electron chi connectivity index (χ2n) is 3.72. The number of phenols is 1. The largest absolute Gasteiger partial charge is 0.508 e. The number of nitrogens with zero attached hydrogens (tertiary/aromatic N) is 1. The molecule has 0 bridgehead atoms. The van der Waals surface area contributed by atoms with E-state index in [-0.39, 0.29) is 18.1 Å². The Bertz CT molecular complexity index is 552. The van der Waals surface area contributed by atoms with Crippen LogP contribution in [-0.2, 0) is 11.3 Å². The summed E-state index contributed by atoms with van der Waals surface area (Å²) in [5.74, 6) is -0.396. The molecule has 0 amide bonds. The highest BCUT2D eigenvalue weighted by atomic mass is 16.5. The predicted molar refractivity (Wildman–Crippen MR) is 65.9 cm³/mol. The van der Waals surface area contributed by atoms with E-state index in [1.165, 1.54) is 18.3 Å². The highest BCUT2D eigenvalue weighted by Crippen LogP contribution is 2.12. The number of nitrogen functional groups attached to an aromatic ring is 1. The third-order valence-corrected chi connectivity index (χ3v) is 2.28. The van der Waals surface area contributed by atoms with Crippen LogP contribution in [0.15, 0.2) is 42.6 Å². The van der Waals surface area contributed by atoms with Gasteiger partial charge in [0.05, 0.1) is 11.9 Å². The van der Waals surface area contributed by atoms with E-state index in [0.29, 0.717) is 11.3 Å². The van der Waals surface area contributed by atoms with Crippen molar-refractivity contribution in [2.75, 3.05) is 5.73 Å². The summed E-state index contributed by atoms with van der Waals surface area (Å²) in [6.45, 7) is 0.0826. The molecule has 3 N–H and O–H groups in total. The Kier molecular flexibility index (Phi) is 3.43. The third kappa shape index (κ3) is 2.98. The molecule has 1 aromatic carbocycles. The fourth-order valence-electron chi connectivity index (χ4n) is 1.40. The molecule has 2 aromatic rings. The molecule has 2 rings (SSSR count). The predicted octanol–water partition coefficient (Wildman–Crippen LogP) is 1.73. The zero-order chi connectivity index (χ0) is 13.0. The summed E-state index contributed by atoms with van der Waals surface area (Å²) in [5.41, 5.74) is 6.86. The van der Waals surface area contributed by atoms with Gasteiger partial charge in [0, 0.05) is 0 Å². The van der Waals surface area contributed by atoms with Crippen molar-refractivity contribution in [1.29, 1.82) is 0 Å². The molecule has 0 aliphatic carbocycles. The number of pyridine rings is 1. The molecule has 0 radical (unpaired) electrons. The first kappa shape index (κ1) is 11.9. The monoisotopic (exact) mass is 244 g/mol. The van der Waals surface area contributed by atoms with Crippen LogP contribution in [0.2, 0.25) is 0 Å². The number of ether oxygens (including phenoxy) is 1. The molecule has 0 spiro atoms. The van der Waals surface area contributed by atoms with Crippen molar-refractivity contribution < 1.29 is 14.6 Å². The lowest BCUT2D eigenvalue weighted by atomic mass is 10.2. The van der Waals surface area contributed by atoms with Crippen LogP contribution in [0.4, 0.5) is 5.69 Å². The Morgan fingerprint density at radius 1 is 1.33 bits per heavy atom. The number of esters is 1. The molecule has 0 saturated heterocycles. The zero-order valence-electron chi connectivity index (χ0n) is 9.54. The van der Waals surface area contributed by atoms with Crippen LogP contribution >= 0.6 is 0 Å². The molecule has 18 heavy (non-hydrogen) atoms. The lowest BCUT2D eigenvalue weighted by Crippen LogP contribution is -2.07. The third-order valence-electron chi connectivity index (χ3n) is 2.28. The Labute approximate surface area is 104 Å². The normalized spacial score (nSPS) is 10.0. The molecule has 5 nitrogen and oxygen atoms in total. The number of aromatic hydroxyl groups is 1. The number of phenolic OH excluding ortho intramolecular Hbond substituents is 1. The molecular weight excluding hydrogens is 232 g/mol. The second-order valence-corrected chi connectivity index (χ2v) is 3.72. The minimum Gasteiger partial charge on any atom is -0.508 e. The van der Waals surface area contributed by atoms with Crippen LogP contribution in [0.3, 0.4) is 0 Å². The van der Waals surface area contributed by atoms with Crippen molar-refractivity contribution in [3.63, 3.8) is 0 Å². The van der Waals surface area contributed by atoms with Crippen molar-refractivity contribution in [2.24, 2.45) is 0 Å². The smallest absolute Gasteiger partial charge is 0.357 e. The number of nitrogens with two attached hydrogens (primary N) is 1. The van der Waals surface area contributed by atoms with E-state index in [1.54, 1.807) is 24.3 Å². The topological polar surface area (TPSA) is 85.4 Å². The lowest BCUT2D eigenvalue weighted by molar-refractivity contribution is 0.0465. The number of benzene rings is 1. The van der Waals surface area contributed by atoms with Crippen LogP contribution in [-0.4, -0.2) is 16.1 Å². The van der Waals surface area contributed by atoms with Crippen LogP contribution < -0.4 is 5.73 Å². The SMILES string of the molecule is Nc1ccc(C(=O)OCc2cccc(O)c2)nc1. The van der Waals surface area contributed by atoms with E-state index in [2.05, 4.69) is 4.98 Å². The van der Waals surface area contributed by atoms with Gasteiger partial charge in [-0.05, 0) is 29.8 Å². The summed E-state index contributed by atoms with van der Waals surface area (Å²) in [7, 11) is 0. The van der Waals surface area contributed by atoms with Gasteiger partial charge >= 0.3 is 5.97 Å². The van der Waals surface area contributed by atoms with E-state index in [0.717, 1.165) is 0 Å². The number of carbonyl (C=O) groups excluding carboxylic acids is 1. The minimum atomic E-state index is -0.529. The average molecular weight is 244 g/mol. The van der Waals surface area contributed by atoms with Crippen LogP contribution in [0, 0.1) is 0 Å². The Morgan fingerprint density at radius 2 is 2.17 bits per heavy atom. The molecule has 1 aromatic heterocycles. The standard InChI is InChI=1S/C13H12N2O3/c14-10-4-5-12(15-7-10)13(17)18-8-9-2-1-3-11(16)6-9/h1-7,16H,8,14H2. The van der Waals surface area contributed by atoms with E-state index in [1.807, 2.05) is 0 Å². The van der Waals surface area contributed by atoms with Crippen molar-refractivity contribution >= 4 is 11.7 Å². The van der Waals surface area contributed by atoms with Crippen molar-refractivity contribution in [3.8, 4) is 5.75 Å². The number of hydrogen-bond acceptors (Lipinski definition) is 5. The number of carbonyl (C=O) groups is 1. The minimum absolute atomic E-state index is 0.0826. The fourth-order valence-corrected chi connectivity index (χ4v) is 1.40. The quantitative estimate of drug-likeness (QED) is 0.803. The fraction of sp³-hybridized carbons (Fsp3) is 0.0769. The van der Waals surface area contributed by atoms with E-state index >= 15 is 0 Å². The summed E-state index contributed by atoms with van der Waals surface area (Å²) in [5, 5.41) is 9.26. The van der Waals surface area contributed by atoms with E-state index in [4.69, 9.17) is 10.5 Å². The highest BCUT2D eigenvalue weighted by molar-refractivity contribution is 5.87. The second kappa shape index (κ2) is 5.18. The average Bonchev–Trinajstić information content (AvgIpc) is 2.37. The van der Waals surface area contributed by atoms with Gasteiger partial charge in [0.2, 0.25) is 0 Å². The van der Waals surface area contributed by atoms with Gasteiger partial charge < -0.3 is 15.6 Å². The van der Waals surface area contributed by atoms with E-state index in [9.17, 15) is 9.90 Å². The zero-order valence-corrected chi connectivity index (χ0v) is 9.54. The lowest BCUT2D eigenvalue weighted by Gasteiger charge is -2.05. The summed E-state index contributed by atoms with van der Waals surface area (Å²) in [6.07, 6.45) is 1.39. The van der Waals surface area contributed by atoms with Crippen LogP contribution in [0.25, 0.3) is 0 Å². The number of anilines is 1. The highest BCUT2D eigenvalue weighted by Gasteiger charge is 2.08. The number of hydrogen-bond donors (Lipinski definition) is 2. The molecule has 0 fully saturated rings. The van der Waals surface area contributed by atoms with Crippen molar-refractivity contribution in [1.82, 2.24) is 4.98 Å². The van der Waals surface area contributed by atoms with E-state index < -0.39 is 5.97 Å². The first-order valence-corrected chi connectivity index (χ1v) is 5.32. The first-order chi connectivity index (χ1) is 8.65. The van der Waals surface area contributed by atoms with Gasteiger partial charge in [-0.1, -0.05) is 12.1 Å². The Balaban J connectivity index is 1.98. The van der Waals surface area contributed by atoms with Gasteiger partial charge in [-0.25, -0.2) is 9.78 Å². The Hall–Kier alpha value is -2.56. The molecule has 0 aliphatic rings. The molecular formula is C13H12N2O3.